The predicted molar refractivity (Wildman–Crippen MR) is 131 cm³/mol. The Morgan fingerprint density at radius 2 is 2.00 bits per heavy atom. The molecule has 6 atom stereocenters. The number of benzene rings is 2. The van der Waals surface area contributed by atoms with Gasteiger partial charge in [-0.15, -0.1) is 6.58 Å². The second-order valence-corrected chi connectivity index (χ2v) is 10.6. The van der Waals surface area contributed by atoms with Crippen LogP contribution in [0.15, 0.2) is 61.2 Å². The van der Waals surface area contributed by atoms with Gasteiger partial charge in [0.1, 0.15) is 18.5 Å². The zero-order valence-electron chi connectivity index (χ0n) is 20.0. The summed E-state index contributed by atoms with van der Waals surface area (Å²) in [5.74, 6) is 3.10. The van der Waals surface area contributed by atoms with Crippen molar-refractivity contribution in [3.8, 4) is 5.75 Å². The molecule has 3 nitrogen and oxygen atoms in total. The van der Waals surface area contributed by atoms with Crippen LogP contribution in [0.5, 0.6) is 5.75 Å². The molecule has 2 aromatic carbocycles. The van der Waals surface area contributed by atoms with Crippen LogP contribution in [0.1, 0.15) is 68.6 Å². The summed E-state index contributed by atoms with van der Waals surface area (Å²) in [6, 6.07) is 17.1. The zero-order chi connectivity index (χ0) is 23.0. The Morgan fingerprint density at radius 1 is 1.18 bits per heavy atom. The van der Waals surface area contributed by atoms with Crippen LogP contribution in [-0.2, 0) is 22.6 Å². The number of rotatable bonds is 6. The lowest BCUT2D eigenvalue weighted by Gasteiger charge is -2.50. The van der Waals surface area contributed by atoms with Gasteiger partial charge in [-0.2, -0.15) is 0 Å². The minimum Gasteiger partial charge on any atom is -0.489 e. The highest BCUT2D eigenvalue weighted by Crippen LogP contribution is 2.63. The highest BCUT2D eigenvalue weighted by Gasteiger charge is 2.59. The van der Waals surface area contributed by atoms with Crippen LogP contribution in [0.2, 0.25) is 0 Å². The van der Waals surface area contributed by atoms with Crippen LogP contribution >= 0.6 is 0 Å². The first-order chi connectivity index (χ1) is 16.0. The number of aryl methyl sites for hydroxylation is 1. The Hall–Kier alpha value is -2.55. The molecule has 0 aliphatic heterocycles. The predicted octanol–water partition coefficient (Wildman–Crippen LogP) is 6.86. The SMILES string of the molecule is C=CC[C@@H]1CC2C3CCc4cc(OCc5ccccc5)ccc4C3CC[C@]2(C)[C@H]1OC(C)=O. The van der Waals surface area contributed by atoms with Crippen molar-refractivity contribution >= 4 is 5.97 Å². The van der Waals surface area contributed by atoms with Gasteiger partial charge >= 0.3 is 5.97 Å². The van der Waals surface area contributed by atoms with E-state index in [1.54, 1.807) is 6.92 Å². The number of carbonyl (C=O) groups is 1. The number of hydrogen-bond acceptors (Lipinski definition) is 3. The maximum Gasteiger partial charge on any atom is 0.302 e. The van der Waals surface area contributed by atoms with Crippen molar-refractivity contribution in [1.29, 1.82) is 0 Å². The smallest absolute Gasteiger partial charge is 0.302 e. The molecule has 2 aromatic rings. The Morgan fingerprint density at radius 3 is 2.76 bits per heavy atom. The van der Waals surface area contributed by atoms with Gasteiger partial charge in [-0.3, -0.25) is 4.79 Å². The van der Waals surface area contributed by atoms with Crippen LogP contribution in [0.25, 0.3) is 0 Å². The minimum atomic E-state index is -0.143. The molecular formula is C30H36O3. The van der Waals surface area contributed by atoms with E-state index in [9.17, 15) is 4.79 Å². The van der Waals surface area contributed by atoms with Gasteiger partial charge < -0.3 is 9.47 Å². The highest BCUT2D eigenvalue weighted by molar-refractivity contribution is 5.66. The largest absolute Gasteiger partial charge is 0.489 e. The normalized spacial score (nSPS) is 32.2. The molecule has 3 aliphatic rings. The first-order valence-electron chi connectivity index (χ1n) is 12.6. The van der Waals surface area contributed by atoms with Gasteiger partial charge in [-0.1, -0.05) is 49.4 Å². The van der Waals surface area contributed by atoms with Gasteiger partial charge in [0.2, 0.25) is 0 Å². The van der Waals surface area contributed by atoms with E-state index in [-0.39, 0.29) is 17.5 Å². The van der Waals surface area contributed by atoms with Gasteiger partial charge in [0, 0.05) is 18.3 Å². The standard InChI is InChI=1S/C30H36O3/c1-4-8-23-18-28-27-13-11-22-17-24(32-19-21-9-6-5-7-10-21)12-14-25(22)26(27)15-16-30(28,3)29(23)33-20(2)31/h4-7,9-10,12,14,17,23,26-29H,1,8,11,13,15-16,18-19H2,2-3H3/t23-,26?,27?,28?,29+,30+/m1/s1. The van der Waals surface area contributed by atoms with E-state index < -0.39 is 0 Å². The second-order valence-electron chi connectivity index (χ2n) is 10.6. The van der Waals surface area contributed by atoms with Crippen molar-refractivity contribution in [2.75, 3.05) is 0 Å². The van der Waals surface area contributed by atoms with Crippen LogP contribution in [-0.4, -0.2) is 12.1 Å². The second kappa shape index (κ2) is 9.00. The summed E-state index contributed by atoms with van der Waals surface area (Å²) in [4.78, 5) is 11.9. The van der Waals surface area contributed by atoms with Gasteiger partial charge in [0.25, 0.3) is 0 Å². The molecule has 3 aliphatic carbocycles. The van der Waals surface area contributed by atoms with E-state index in [0.717, 1.165) is 31.4 Å². The van der Waals surface area contributed by atoms with E-state index in [0.29, 0.717) is 30.3 Å². The fraction of sp³-hybridized carbons (Fsp3) is 0.500. The minimum absolute atomic E-state index is 0.0223. The average molecular weight is 445 g/mol. The molecule has 2 saturated carbocycles. The Bertz CT molecular complexity index is 1010. The lowest BCUT2D eigenvalue weighted by molar-refractivity contribution is -0.157. The maximum absolute atomic E-state index is 11.9. The molecule has 0 bridgehead atoms. The molecule has 0 N–H and O–H groups in total. The Kier molecular flexibility index (Phi) is 6.07. The van der Waals surface area contributed by atoms with Crippen molar-refractivity contribution in [3.05, 3.63) is 77.9 Å². The molecule has 0 radical (unpaired) electrons. The zero-order valence-corrected chi connectivity index (χ0v) is 20.0. The molecule has 0 saturated heterocycles. The number of fused-ring (bicyclic) bond motifs is 5. The van der Waals surface area contributed by atoms with E-state index in [2.05, 4.69) is 56.0 Å². The summed E-state index contributed by atoms with van der Waals surface area (Å²) < 4.78 is 12.1. The molecular weight excluding hydrogens is 408 g/mol. The van der Waals surface area contributed by atoms with Crippen LogP contribution in [0.4, 0.5) is 0 Å². The molecule has 0 amide bonds. The fourth-order valence-electron chi connectivity index (χ4n) is 7.37. The third-order valence-corrected chi connectivity index (χ3v) is 8.78. The molecule has 0 aromatic heterocycles. The summed E-state index contributed by atoms with van der Waals surface area (Å²) in [7, 11) is 0. The van der Waals surface area contributed by atoms with Crippen molar-refractivity contribution in [2.24, 2.45) is 23.2 Å². The van der Waals surface area contributed by atoms with Crippen molar-refractivity contribution in [3.63, 3.8) is 0 Å². The summed E-state index contributed by atoms with van der Waals surface area (Å²) in [6.45, 7) is 8.53. The first kappa shape index (κ1) is 22.3. The van der Waals surface area contributed by atoms with Gasteiger partial charge in [0.15, 0.2) is 0 Å². The lowest BCUT2D eigenvalue weighted by Crippen LogP contribution is -2.45. The van der Waals surface area contributed by atoms with E-state index in [4.69, 9.17) is 9.47 Å². The fourth-order valence-corrected chi connectivity index (χ4v) is 7.37. The molecule has 0 spiro atoms. The van der Waals surface area contributed by atoms with E-state index >= 15 is 0 Å². The molecule has 3 unspecified atom stereocenters. The number of allylic oxidation sites excluding steroid dienone is 1. The molecule has 174 valence electrons. The van der Waals surface area contributed by atoms with Gasteiger partial charge in [-0.25, -0.2) is 0 Å². The third kappa shape index (κ3) is 4.11. The van der Waals surface area contributed by atoms with Gasteiger partial charge in [-0.05, 0) is 85.1 Å². The number of esters is 1. The quantitative estimate of drug-likeness (QED) is 0.361. The molecule has 5 rings (SSSR count). The molecule has 0 heterocycles. The van der Waals surface area contributed by atoms with Crippen molar-refractivity contribution in [1.82, 2.24) is 0 Å². The summed E-state index contributed by atoms with van der Waals surface area (Å²) in [5, 5.41) is 0. The monoisotopic (exact) mass is 444 g/mol. The topological polar surface area (TPSA) is 35.5 Å². The maximum atomic E-state index is 11.9. The highest BCUT2D eigenvalue weighted by atomic mass is 16.5. The number of ether oxygens (including phenoxy) is 2. The van der Waals surface area contributed by atoms with Crippen LogP contribution in [0, 0.1) is 23.2 Å². The molecule has 33 heavy (non-hydrogen) atoms. The van der Waals surface area contributed by atoms with Crippen LogP contribution < -0.4 is 4.74 Å². The summed E-state index contributed by atoms with van der Waals surface area (Å²) in [5.41, 5.74) is 4.26. The number of carbonyl (C=O) groups excluding carboxylic acids is 1. The van der Waals surface area contributed by atoms with E-state index in [1.165, 1.54) is 29.5 Å². The Labute approximate surface area is 198 Å². The van der Waals surface area contributed by atoms with E-state index in [1.807, 2.05) is 12.1 Å². The molecule has 3 heteroatoms. The first-order valence-corrected chi connectivity index (χ1v) is 12.6. The average Bonchev–Trinajstić information content (AvgIpc) is 3.09. The van der Waals surface area contributed by atoms with Crippen molar-refractivity contribution < 1.29 is 14.3 Å². The van der Waals surface area contributed by atoms with Crippen molar-refractivity contribution in [2.45, 2.75) is 71.0 Å². The summed E-state index contributed by atoms with van der Waals surface area (Å²) >= 11 is 0. The summed E-state index contributed by atoms with van der Waals surface area (Å²) in [6.07, 6.45) is 8.73. The number of hydrogen-bond donors (Lipinski definition) is 0. The third-order valence-electron chi connectivity index (χ3n) is 8.78. The lowest BCUT2D eigenvalue weighted by atomic mass is 9.55. The van der Waals surface area contributed by atoms with Gasteiger partial charge in [0.05, 0.1) is 0 Å². The molecule has 2 fully saturated rings. The Balaban J connectivity index is 1.35. The van der Waals surface area contributed by atoms with Crippen LogP contribution in [0.3, 0.4) is 0 Å².